The number of halogens is 1. The summed E-state index contributed by atoms with van der Waals surface area (Å²) >= 11 is 0. The second kappa shape index (κ2) is 7.94. The Hall–Kier alpha value is -4.14. The normalized spacial score (nSPS) is 10.9. The van der Waals surface area contributed by atoms with Crippen molar-refractivity contribution in [3.8, 4) is 17.1 Å². The number of carbonyl (C=O) groups excluding carboxylic acids is 1. The van der Waals surface area contributed by atoms with Crippen LogP contribution in [-0.4, -0.2) is 30.0 Å². The van der Waals surface area contributed by atoms with Gasteiger partial charge in [-0.3, -0.25) is 14.9 Å². The number of nitro benzene ring substituents is 1. The van der Waals surface area contributed by atoms with E-state index in [1.807, 2.05) is 11.5 Å². The van der Waals surface area contributed by atoms with Crippen LogP contribution in [0.4, 0.5) is 10.1 Å². The number of aromatic nitrogens is 4. The van der Waals surface area contributed by atoms with Gasteiger partial charge in [-0.2, -0.15) is 5.10 Å². The van der Waals surface area contributed by atoms with Crippen molar-refractivity contribution in [2.75, 3.05) is 0 Å². The largest absolute Gasteiger partial charge is 0.318 e. The molecule has 31 heavy (non-hydrogen) atoms. The Kier molecular flexibility index (Phi) is 5.16. The van der Waals surface area contributed by atoms with E-state index in [9.17, 15) is 19.3 Å². The van der Waals surface area contributed by atoms with Crippen LogP contribution in [-0.2, 0) is 6.54 Å². The van der Waals surface area contributed by atoms with Gasteiger partial charge in [-0.05, 0) is 38.1 Å². The fourth-order valence-electron chi connectivity index (χ4n) is 3.55. The second-order valence-electron chi connectivity index (χ2n) is 7.10. The molecule has 9 heteroatoms. The molecule has 0 fully saturated rings. The molecule has 0 aliphatic heterocycles. The molecule has 0 saturated carbocycles. The fourth-order valence-corrected chi connectivity index (χ4v) is 3.55. The van der Waals surface area contributed by atoms with E-state index in [4.69, 9.17) is 0 Å². The van der Waals surface area contributed by atoms with Gasteiger partial charge >= 0.3 is 0 Å². The third-order valence-electron chi connectivity index (χ3n) is 4.96. The zero-order valence-corrected chi connectivity index (χ0v) is 16.8. The van der Waals surface area contributed by atoms with Gasteiger partial charge in [0.05, 0.1) is 4.92 Å². The smallest absolute Gasteiger partial charge is 0.270 e. The highest BCUT2D eigenvalue weighted by molar-refractivity contribution is 5.97. The van der Waals surface area contributed by atoms with Gasteiger partial charge in [0.15, 0.2) is 11.6 Å². The minimum absolute atomic E-state index is 0.0463. The van der Waals surface area contributed by atoms with Crippen LogP contribution in [0.15, 0.2) is 60.9 Å². The van der Waals surface area contributed by atoms with Crippen LogP contribution in [0.3, 0.4) is 0 Å². The van der Waals surface area contributed by atoms with Crippen LogP contribution < -0.4 is 0 Å². The zero-order valence-electron chi connectivity index (χ0n) is 16.8. The fraction of sp³-hybridized carbons (Fsp3) is 0.136. The van der Waals surface area contributed by atoms with Gasteiger partial charge in [0, 0.05) is 40.3 Å². The molecule has 0 amide bonds. The molecule has 0 radical (unpaired) electrons. The molecule has 0 aliphatic carbocycles. The van der Waals surface area contributed by atoms with E-state index in [2.05, 4.69) is 10.1 Å². The van der Waals surface area contributed by atoms with Crippen LogP contribution in [0.25, 0.3) is 17.1 Å². The first-order valence-electron chi connectivity index (χ1n) is 9.46. The number of hydrogen-bond acceptors (Lipinski definition) is 5. The number of carbonyl (C=O) groups is 1. The number of non-ortho nitro benzene ring substituents is 1. The number of benzene rings is 2. The quantitative estimate of drug-likeness (QED) is 0.264. The second-order valence-corrected chi connectivity index (χ2v) is 7.10. The summed E-state index contributed by atoms with van der Waals surface area (Å²) in [7, 11) is 0. The first kappa shape index (κ1) is 20.1. The van der Waals surface area contributed by atoms with Crippen molar-refractivity contribution in [1.29, 1.82) is 0 Å². The SMILES string of the molecule is Cc1cc(C(=O)Cn2cnc(-c3cccc([N+](=O)[O-])c3)n2)c(C)n1-c1cccc(F)c1. The number of Topliss-reactive ketones (excluding diaryl/α,β-unsaturated/α-hetero) is 1. The minimum Gasteiger partial charge on any atom is -0.318 e. The summed E-state index contributed by atoms with van der Waals surface area (Å²) in [6.45, 7) is 3.61. The molecule has 4 rings (SSSR count). The Balaban J connectivity index is 1.58. The van der Waals surface area contributed by atoms with Gasteiger partial charge in [-0.25, -0.2) is 14.1 Å². The van der Waals surface area contributed by atoms with Gasteiger partial charge in [-0.15, -0.1) is 0 Å². The summed E-state index contributed by atoms with van der Waals surface area (Å²) < 4.78 is 16.9. The van der Waals surface area contributed by atoms with Gasteiger partial charge in [0.1, 0.15) is 18.7 Å². The predicted octanol–water partition coefficient (Wildman–Crippen LogP) is 4.28. The van der Waals surface area contributed by atoms with Gasteiger partial charge < -0.3 is 4.57 Å². The van der Waals surface area contributed by atoms with E-state index >= 15 is 0 Å². The maximum absolute atomic E-state index is 13.6. The molecule has 0 aliphatic rings. The molecule has 0 saturated heterocycles. The number of nitrogens with zero attached hydrogens (tertiary/aromatic N) is 5. The Morgan fingerprint density at radius 1 is 1.13 bits per heavy atom. The minimum atomic E-state index is -0.488. The lowest BCUT2D eigenvalue weighted by atomic mass is 10.1. The Bertz CT molecular complexity index is 1310. The summed E-state index contributed by atoms with van der Waals surface area (Å²) in [4.78, 5) is 27.6. The van der Waals surface area contributed by atoms with E-state index in [-0.39, 0.29) is 23.8 Å². The lowest BCUT2D eigenvalue weighted by molar-refractivity contribution is -0.384. The number of aryl methyl sites for hydroxylation is 1. The molecule has 2 heterocycles. The Labute approximate surface area is 176 Å². The van der Waals surface area contributed by atoms with E-state index in [1.165, 1.54) is 35.3 Å². The van der Waals surface area contributed by atoms with Crippen molar-refractivity contribution in [2.45, 2.75) is 20.4 Å². The first-order valence-corrected chi connectivity index (χ1v) is 9.46. The van der Waals surface area contributed by atoms with Crippen LogP contribution in [0.5, 0.6) is 0 Å². The standard InChI is InChI=1S/C22H18FN5O3/c1-14-9-20(15(2)27(14)18-7-4-6-17(23)11-18)21(29)12-26-13-24-22(25-26)16-5-3-8-19(10-16)28(30)31/h3-11,13H,12H2,1-2H3. The highest BCUT2D eigenvalue weighted by Crippen LogP contribution is 2.23. The van der Waals surface area contributed by atoms with Crippen molar-refractivity contribution < 1.29 is 14.1 Å². The molecule has 0 spiro atoms. The van der Waals surface area contributed by atoms with Crippen LogP contribution in [0, 0.1) is 29.8 Å². The lowest BCUT2D eigenvalue weighted by Gasteiger charge is -2.10. The molecular weight excluding hydrogens is 401 g/mol. The predicted molar refractivity (Wildman–Crippen MR) is 112 cm³/mol. The van der Waals surface area contributed by atoms with E-state index in [0.29, 0.717) is 28.3 Å². The van der Waals surface area contributed by atoms with Gasteiger partial charge in [0.25, 0.3) is 5.69 Å². The average Bonchev–Trinajstić information content (AvgIpc) is 3.32. The summed E-state index contributed by atoms with van der Waals surface area (Å²) in [6, 6.07) is 13.9. The van der Waals surface area contributed by atoms with E-state index < -0.39 is 4.92 Å². The molecular formula is C22H18FN5O3. The molecule has 156 valence electrons. The molecule has 4 aromatic rings. The summed E-state index contributed by atoms with van der Waals surface area (Å²) in [5.74, 6) is -0.234. The Morgan fingerprint density at radius 2 is 1.90 bits per heavy atom. The molecule has 0 unspecified atom stereocenters. The molecule has 2 aromatic heterocycles. The van der Waals surface area contributed by atoms with Crippen molar-refractivity contribution in [3.63, 3.8) is 0 Å². The van der Waals surface area contributed by atoms with Crippen molar-refractivity contribution in [1.82, 2.24) is 19.3 Å². The molecule has 8 nitrogen and oxygen atoms in total. The van der Waals surface area contributed by atoms with Crippen LogP contribution in [0.1, 0.15) is 21.7 Å². The molecule has 0 bridgehead atoms. The lowest BCUT2D eigenvalue weighted by Crippen LogP contribution is -2.12. The number of ketones is 1. The summed E-state index contributed by atoms with van der Waals surface area (Å²) in [5, 5.41) is 15.2. The number of rotatable bonds is 6. The summed E-state index contributed by atoms with van der Waals surface area (Å²) in [6.07, 6.45) is 1.41. The summed E-state index contributed by atoms with van der Waals surface area (Å²) in [5.41, 5.74) is 3.09. The average molecular weight is 419 g/mol. The zero-order chi connectivity index (χ0) is 22.1. The van der Waals surface area contributed by atoms with E-state index in [0.717, 1.165) is 5.69 Å². The van der Waals surface area contributed by atoms with E-state index in [1.54, 1.807) is 37.3 Å². The number of hydrogen-bond donors (Lipinski definition) is 0. The molecule has 0 atom stereocenters. The Morgan fingerprint density at radius 3 is 2.65 bits per heavy atom. The topological polar surface area (TPSA) is 95.8 Å². The van der Waals surface area contributed by atoms with Crippen molar-refractivity contribution in [2.24, 2.45) is 0 Å². The molecule has 2 aromatic carbocycles. The van der Waals surface area contributed by atoms with Crippen molar-refractivity contribution in [3.05, 3.63) is 93.8 Å². The number of nitro groups is 1. The third kappa shape index (κ3) is 3.97. The van der Waals surface area contributed by atoms with Gasteiger partial charge in [0.2, 0.25) is 0 Å². The maximum Gasteiger partial charge on any atom is 0.270 e. The van der Waals surface area contributed by atoms with Gasteiger partial charge in [-0.1, -0.05) is 18.2 Å². The van der Waals surface area contributed by atoms with Crippen molar-refractivity contribution >= 4 is 11.5 Å². The maximum atomic E-state index is 13.6. The monoisotopic (exact) mass is 419 g/mol. The third-order valence-corrected chi connectivity index (χ3v) is 4.96. The van der Waals surface area contributed by atoms with Crippen LogP contribution >= 0.6 is 0 Å². The first-order chi connectivity index (χ1) is 14.8. The highest BCUT2D eigenvalue weighted by Gasteiger charge is 2.18. The highest BCUT2D eigenvalue weighted by atomic mass is 19.1. The molecule has 0 N–H and O–H groups in total. The van der Waals surface area contributed by atoms with Crippen LogP contribution in [0.2, 0.25) is 0 Å².